The molecule has 0 bridgehead atoms. The van der Waals surface area contributed by atoms with Gasteiger partial charge in [-0.3, -0.25) is 9.48 Å². The minimum Gasteiger partial charge on any atom is -0.508 e. The highest BCUT2D eigenvalue weighted by Crippen LogP contribution is 2.18. The third-order valence-corrected chi connectivity index (χ3v) is 3.40. The minimum absolute atomic E-state index is 0.131. The molecule has 1 aromatic heterocycles. The second-order valence-corrected chi connectivity index (χ2v) is 5.08. The van der Waals surface area contributed by atoms with E-state index in [2.05, 4.69) is 10.4 Å². The third-order valence-electron chi connectivity index (χ3n) is 3.40. The van der Waals surface area contributed by atoms with Crippen LogP contribution in [0.3, 0.4) is 0 Å². The molecule has 0 radical (unpaired) electrons. The zero-order valence-electron chi connectivity index (χ0n) is 12.4. The van der Waals surface area contributed by atoms with Crippen LogP contribution in [-0.4, -0.2) is 20.8 Å². The summed E-state index contributed by atoms with van der Waals surface area (Å²) in [6, 6.07) is 11.5. The van der Waals surface area contributed by atoms with Crippen molar-refractivity contribution in [1.29, 1.82) is 0 Å². The Labute approximate surface area is 136 Å². The van der Waals surface area contributed by atoms with Crippen LogP contribution in [-0.2, 0) is 6.54 Å². The lowest BCUT2D eigenvalue weighted by molar-refractivity contribution is 0.101. The number of amides is 1. The number of phenols is 1. The van der Waals surface area contributed by atoms with Gasteiger partial charge in [-0.1, -0.05) is 24.3 Å². The highest BCUT2D eigenvalue weighted by Gasteiger charge is 2.17. The van der Waals surface area contributed by atoms with Crippen LogP contribution in [0.4, 0.5) is 14.6 Å². The van der Waals surface area contributed by atoms with E-state index in [1.165, 1.54) is 16.8 Å². The molecule has 3 aromatic rings. The lowest BCUT2D eigenvalue weighted by Crippen LogP contribution is -2.16. The molecular weight excluding hydrogens is 316 g/mol. The molecule has 24 heavy (non-hydrogen) atoms. The van der Waals surface area contributed by atoms with Crippen molar-refractivity contribution in [2.45, 2.75) is 6.54 Å². The van der Waals surface area contributed by atoms with Gasteiger partial charge < -0.3 is 10.4 Å². The van der Waals surface area contributed by atoms with Crippen LogP contribution in [0.25, 0.3) is 0 Å². The van der Waals surface area contributed by atoms with E-state index in [-0.39, 0.29) is 18.1 Å². The van der Waals surface area contributed by atoms with Gasteiger partial charge >= 0.3 is 0 Å². The molecule has 122 valence electrons. The average molecular weight is 329 g/mol. The monoisotopic (exact) mass is 329 g/mol. The fourth-order valence-corrected chi connectivity index (χ4v) is 2.23. The predicted octanol–water partition coefficient (Wildman–Crippen LogP) is 3.17. The van der Waals surface area contributed by atoms with Crippen LogP contribution < -0.4 is 5.32 Å². The van der Waals surface area contributed by atoms with Gasteiger partial charge in [-0.25, -0.2) is 8.78 Å². The number of para-hydroxylation sites is 1. The van der Waals surface area contributed by atoms with E-state index >= 15 is 0 Å². The molecule has 0 saturated heterocycles. The van der Waals surface area contributed by atoms with Crippen molar-refractivity contribution < 1.29 is 18.7 Å². The zero-order valence-corrected chi connectivity index (χ0v) is 12.4. The third kappa shape index (κ3) is 3.24. The summed E-state index contributed by atoms with van der Waals surface area (Å²) < 4.78 is 28.7. The van der Waals surface area contributed by atoms with E-state index in [4.69, 9.17) is 0 Å². The molecule has 0 aliphatic carbocycles. The number of anilines is 1. The number of rotatable bonds is 4. The Hall–Kier alpha value is -3.22. The maximum atomic E-state index is 13.6. The highest BCUT2D eigenvalue weighted by atomic mass is 19.1. The molecule has 1 amide bonds. The number of benzene rings is 2. The first-order valence-electron chi connectivity index (χ1n) is 7.10. The van der Waals surface area contributed by atoms with E-state index in [0.717, 1.165) is 12.1 Å². The quantitative estimate of drug-likeness (QED) is 0.772. The molecule has 0 fully saturated rings. The summed E-state index contributed by atoms with van der Waals surface area (Å²) in [6.07, 6.45) is 1.58. The van der Waals surface area contributed by atoms with Crippen LogP contribution in [0, 0.1) is 11.6 Å². The van der Waals surface area contributed by atoms with Crippen molar-refractivity contribution >= 4 is 11.7 Å². The number of aromatic hydroxyl groups is 1. The Morgan fingerprint density at radius 2 is 1.79 bits per heavy atom. The summed E-state index contributed by atoms with van der Waals surface area (Å²) in [5, 5.41) is 16.2. The molecule has 1 heterocycles. The van der Waals surface area contributed by atoms with Gasteiger partial charge in [0.1, 0.15) is 22.9 Å². The summed E-state index contributed by atoms with van der Waals surface area (Å²) in [4.78, 5) is 12.0. The lowest BCUT2D eigenvalue weighted by Gasteiger charge is -2.05. The molecule has 0 spiro atoms. The van der Waals surface area contributed by atoms with Crippen LogP contribution in [0.5, 0.6) is 5.75 Å². The van der Waals surface area contributed by atoms with Gasteiger partial charge in [-0.05, 0) is 18.2 Å². The van der Waals surface area contributed by atoms with Crippen molar-refractivity contribution in [3.63, 3.8) is 0 Å². The van der Waals surface area contributed by atoms with Crippen LogP contribution in [0.1, 0.15) is 15.9 Å². The summed E-state index contributed by atoms with van der Waals surface area (Å²) in [6.45, 7) is 0.288. The lowest BCUT2D eigenvalue weighted by atomic mass is 10.2. The van der Waals surface area contributed by atoms with Gasteiger partial charge in [0.05, 0.1) is 6.54 Å². The predicted molar refractivity (Wildman–Crippen MR) is 83.7 cm³/mol. The van der Waals surface area contributed by atoms with Gasteiger partial charge in [0, 0.05) is 17.8 Å². The summed E-state index contributed by atoms with van der Waals surface area (Å²) in [5.74, 6) is -2.52. The molecule has 5 nitrogen and oxygen atoms in total. The van der Waals surface area contributed by atoms with Crippen molar-refractivity contribution in [2.24, 2.45) is 0 Å². The number of carbonyl (C=O) groups is 1. The molecule has 0 aliphatic heterocycles. The number of hydrogen-bond donors (Lipinski definition) is 2. The average Bonchev–Trinajstić information content (AvgIpc) is 2.96. The van der Waals surface area contributed by atoms with E-state index in [1.807, 2.05) is 0 Å². The Morgan fingerprint density at radius 3 is 2.50 bits per heavy atom. The Kier molecular flexibility index (Phi) is 4.24. The molecule has 2 aromatic carbocycles. The normalized spacial score (nSPS) is 10.6. The Bertz CT molecular complexity index is 873. The van der Waals surface area contributed by atoms with Crippen molar-refractivity contribution in [3.05, 3.63) is 77.5 Å². The topological polar surface area (TPSA) is 67.2 Å². The van der Waals surface area contributed by atoms with E-state index in [9.17, 15) is 18.7 Å². The summed E-state index contributed by atoms with van der Waals surface area (Å²) in [5.41, 5.74) is -0.00798. The first-order chi connectivity index (χ1) is 11.5. The zero-order chi connectivity index (χ0) is 17.1. The maximum Gasteiger partial charge on any atom is 0.262 e. The molecule has 0 saturated carbocycles. The van der Waals surface area contributed by atoms with Gasteiger partial charge in [0.25, 0.3) is 5.91 Å². The smallest absolute Gasteiger partial charge is 0.262 e. The molecular formula is C17H13F2N3O2. The highest BCUT2D eigenvalue weighted by molar-refractivity contribution is 6.04. The summed E-state index contributed by atoms with van der Waals surface area (Å²) in [7, 11) is 0. The number of nitrogens with one attached hydrogen (secondary N) is 1. The van der Waals surface area contributed by atoms with E-state index in [1.54, 1.807) is 30.5 Å². The number of carbonyl (C=O) groups excluding carboxylic acids is 1. The Balaban J connectivity index is 1.75. The van der Waals surface area contributed by atoms with Crippen molar-refractivity contribution in [1.82, 2.24) is 9.78 Å². The molecule has 0 atom stereocenters. The SMILES string of the molecule is O=C(Nc1ccn(Cc2ccccc2O)n1)c1c(F)cccc1F. The second kappa shape index (κ2) is 6.49. The van der Waals surface area contributed by atoms with Crippen molar-refractivity contribution in [3.8, 4) is 5.75 Å². The fourth-order valence-electron chi connectivity index (χ4n) is 2.23. The first-order valence-corrected chi connectivity index (χ1v) is 7.10. The fraction of sp³-hybridized carbons (Fsp3) is 0.0588. The number of nitrogens with zero attached hydrogens (tertiary/aromatic N) is 2. The largest absolute Gasteiger partial charge is 0.508 e. The first kappa shape index (κ1) is 15.7. The molecule has 0 aliphatic rings. The molecule has 2 N–H and O–H groups in total. The maximum absolute atomic E-state index is 13.6. The standard InChI is InChI=1S/C17H13F2N3O2/c18-12-5-3-6-13(19)16(12)17(24)20-15-8-9-22(21-15)10-11-4-1-2-7-14(11)23/h1-9,23H,10H2,(H,20,21,24). The van der Waals surface area contributed by atoms with Crippen LogP contribution in [0.15, 0.2) is 54.7 Å². The van der Waals surface area contributed by atoms with E-state index < -0.39 is 23.1 Å². The van der Waals surface area contributed by atoms with Crippen molar-refractivity contribution in [2.75, 3.05) is 5.32 Å². The molecule has 7 heteroatoms. The van der Waals surface area contributed by atoms with E-state index in [0.29, 0.717) is 5.56 Å². The van der Waals surface area contributed by atoms with Gasteiger partial charge in [-0.15, -0.1) is 0 Å². The van der Waals surface area contributed by atoms with Gasteiger partial charge in [0.2, 0.25) is 0 Å². The molecule has 0 unspecified atom stereocenters. The van der Waals surface area contributed by atoms with Crippen LogP contribution in [0.2, 0.25) is 0 Å². The van der Waals surface area contributed by atoms with Gasteiger partial charge in [-0.2, -0.15) is 5.10 Å². The number of hydrogen-bond acceptors (Lipinski definition) is 3. The van der Waals surface area contributed by atoms with Crippen LogP contribution >= 0.6 is 0 Å². The number of phenolic OH excluding ortho intramolecular Hbond substituents is 1. The van der Waals surface area contributed by atoms with Gasteiger partial charge in [0.15, 0.2) is 5.82 Å². The summed E-state index contributed by atoms with van der Waals surface area (Å²) >= 11 is 0. The Morgan fingerprint density at radius 1 is 1.08 bits per heavy atom. The second-order valence-electron chi connectivity index (χ2n) is 5.08. The number of halogens is 2. The molecule has 3 rings (SSSR count). The number of aromatic nitrogens is 2. The minimum atomic E-state index is -0.943.